The fourth-order valence-corrected chi connectivity index (χ4v) is 5.21. The van der Waals surface area contributed by atoms with Gasteiger partial charge in [0.15, 0.2) is 0 Å². The second kappa shape index (κ2) is 11.9. The van der Waals surface area contributed by atoms with Gasteiger partial charge in [0, 0.05) is 18.4 Å². The number of nitrogens with zero attached hydrogens (tertiary/aromatic N) is 1. The molecule has 0 radical (unpaired) electrons. The summed E-state index contributed by atoms with van der Waals surface area (Å²) in [4.78, 5) is 2.25. The van der Waals surface area contributed by atoms with Crippen LogP contribution in [0.2, 0.25) is 0 Å². The van der Waals surface area contributed by atoms with E-state index in [-0.39, 0.29) is 0 Å². The van der Waals surface area contributed by atoms with Crippen molar-refractivity contribution in [3.63, 3.8) is 0 Å². The van der Waals surface area contributed by atoms with E-state index in [0.717, 1.165) is 12.8 Å². The Bertz CT molecular complexity index is 1650. The summed E-state index contributed by atoms with van der Waals surface area (Å²) in [6.45, 7) is 0. The lowest BCUT2D eigenvalue weighted by atomic mass is 9.99. The Morgan fingerprint density at radius 2 is 0.775 bits per heavy atom. The molecule has 0 saturated carbocycles. The summed E-state index contributed by atoms with van der Waals surface area (Å²) in [5, 5.41) is 0. The van der Waals surface area contributed by atoms with Crippen molar-refractivity contribution >= 4 is 11.4 Å². The van der Waals surface area contributed by atoms with Crippen molar-refractivity contribution in [2.75, 3.05) is 11.9 Å². The van der Waals surface area contributed by atoms with Crippen LogP contribution in [-0.2, 0) is 12.8 Å². The number of hydrogen-bond donors (Lipinski definition) is 0. The highest BCUT2D eigenvalue weighted by atomic mass is 15.1. The van der Waals surface area contributed by atoms with E-state index in [1.807, 2.05) is 0 Å². The van der Waals surface area contributed by atoms with Crippen molar-refractivity contribution in [2.24, 2.45) is 0 Å². The van der Waals surface area contributed by atoms with E-state index in [2.05, 4.69) is 170 Å². The molecular weight excluding hydrogens is 482 g/mol. The molecule has 0 aromatic heterocycles. The summed E-state index contributed by atoms with van der Waals surface area (Å²) >= 11 is 0. The van der Waals surface area contributed by atoms with E-state index in [1.54, 1.807) is 0 Å². The molecule has 0 saturated heterocycles. The van der Waals surface area contributed by atoms with Crippen molar-refractivity contribution in [3.8, 4) is 22.3 Å². The molecule has 0 bridgehead atoms. The van der Waals surface area contributed by atoms with Crippen LogP contribution in [0.3, 0.4) is 0 Å². The van der Waals surface area contributed by atoms with Gasteiger partial charge < -0.3 is 4.90 Å². The van der Waals surface area contributed by atoms with Gasteiger partial charge in [-0.2, -0.15) is 0 Å². The van der Waals surface area contributed by atoms with Gasteiger partial charge in [0.25, 0.3) is 0 Å². The van der Waals surface area contributed by atoms with Crippen LogP contribution in [0.25, 0.3) is 22.3 Å². The van der Waals surface area contributed by atoms with Gasteiger partial charge in [0.2, 0.25) is 0 Å². The van der Waals surface area contributed by atoms with Crippen LogP contribution in [0.1, 0.15) is 22.3 Å². The van der Waals surface area contributed by atoms with Crippen molar-refractivity contribution in [1.29, 1.82) is 0 Å². The second-order valence-electron chi connectivity index (χ2n) is 10.4. The first-order valence-electron chi connectivity index (χ1n) is 13.9. The normalized spacial score (nSPS) is 10.8. The van der Waals surface area contributed by atoms with Crippen LogP contribution in [0.15, 0.2) is 158 Å². The maximum atomic E-state index is 2.27. The van der Waals surface area contributed by atoms with E-state index in [1.165, 1.54) is 55.9 Å². The highest BCUT2D eigenvalue weighted by Crippen LogP contribution is 2.31. The molecule has 0 aliphatic rings. The first-order chi connectivity index (χ1) is 19.7. The number of anilines is 2. The van der Waals surface area contributed by atoms with Crippen LogP contribution in [0.5, 0.6) is 0 Å². The summed E-state index contributed by atoms with van der Waals surface area (Å²) in [5.74, 6) is 0. The molecule has 0 unspecified atom stereocenters. The van der Waals surface area contributed by atoms with E-state index in [0.29, 0.717) is 0 Å². The smallest absolute Gasteiger partial charge is 0.0414 e. The number of benzene rings is 6. The third kappa shape index (κ3) is 6.06. The van der Waals surface area contributed by atoms with Crippen molar-refractivity contribution in [3.05, 3.63) is 180 Å². The van der Waals surface area contributed by atoms with Crippen LogP contribution < -0.4 is 4.90 Å². The average molecular weight is 516 g/mol. The van der Waals surface area contributed by atoms with Gasteiger partial charge in [-0.3, -0.25) is 0 Å². The van der Waals surface area contributed by atoms with Gasteiger partial charge in [-0.15, -0.1) is 0 Å². The Morgan fingerprint density at radius 1 is 0.350 bits per heavy atom. The third-order valence-corrected chi connectivity index (χ3v) is 7.56. The van der Waals surface area contributed by atoms with E-state index in [9.17, 15) is 0 Å². The zero-order valence-electron chi connectivity index (χ0n) is 22.9. The molecule has 0 atom stereocenters. The highest BCUT2D eigenvalue weighted by molar-refractivity contribution is 5.74. The van der Waals surface area contributed by atoms with Gasteiger partial charge in [-0.1, -0.05) is 133 Å². The van der Waals surface area contributed by atoms with Crippen molar-refractivity contribution in [2.45, 2.75) is 12.8 Å². The molecule has 194 valence electrons. The molecule has 0 aliphatic heterocycles. The molecule has 1 heteroatoms. The Balaban J connectivity index is 1.13. The topological polar surface area (TPSA) is 3.24 Å². The van der Waals surface area contributed by atoms with E-state index < -0.39 is 0 Å². The first kappa shape index (κ1) is 25.4. The zero-order valence-corrected chi connectivity index (χ0v) is 22.9. The molecular formula is C39H33N. The molecule has 0 amide bonds. The van der Waals surface area contributed by atoms with Gasteiger partial charge in [-0.25, -0.2) is 0 Å². The van der Waals surface area contributed by atoms with E-state index >= 15 is 0 Å². The van der Waals surface area contributed by atoms with Gasteiger partial charge in [-0.05, 0) is 81.6 Å². The highest BCUT2D eigenvalue weighted by Gasteiger charge is 2.08. The minimum atomic E-state index is 0.956. The fraction of sp³-hybridized carbons (Fsp3) is 0.0769. The average Bonchev–Trinajstić information content (AvgIpc) is 3.03. The Morgan fingerprint density at radius 3 is 1.27 bits per heavy atom. The lowest BCUT2D eigenvalue weighted by Gasteiger charge is -2.21. The van der Waals surface area contributed by atoms with Crippen LogP contribution in [0.4, 0.5) is 11.4 Å². The van der Waals surface area contributed by atoms with Crippen molar-refractivity contribution in [1.82, 2.24) is 0 Å². The minimum Gasteiger partial charge on any atom is -0.345 e. The SMILES string of the molecule is CN(c1ccc(-c2ccc(Cc3ccccc3)cc2)cc1)c1cccc(-c2ccc(Cc3ccccc3)cc2)c1. The molecule has 0 spiro atoms. The molecule has 6 rings (SSSR count). The number of hydrogen-bond acceptors (Lipinski definition) is 1. The minimum absolute atomic E-state index is 0.956. The summed E-state index contributed by atoms with van der Waals surface area (Å²) < 4.78 is 0. The summed E-state index contributed by atoms with van der Waals surface area (Å²) in [6.07, 6.45) is 1.92. The van der Waals surface area contributed by atoms with Gasteiger partial charge in [0.1, 0.15) is 0 Å². The fourth-order valence-electron chi connectivity index (χ4n) is 5.21. The monoisotopic (exact) mass is 515 g/mol. The number of rotatable bonds is 8. The van der Waals surface area contributed by atoms with Gasteiger partial charge >= 0.3 is 0 Å². The molecule has 1 nitrogen and oxygen atoms in total. The second-order valence-corrected chi connectivity index (χ2v) is 10.4. The lowest BCUT2D eigenvalue weighted by Crippen LogP contribution is -2.09. The maximum Gasteiger partial charge on any atom is 0.0414 e. The summed E-state index contributed by atoms with van der Waals surface area (Å²) in [7, 11) is 2.13. The Kier molecular flexibility index (Phi) is 7.55. The molecule has 0 heterocycles. The zero-order chi connectivity index (χ0) is 27.1. The molecule has 6 aromatic carbocycles. The molecule has 40 heavy (non-hydrogen) atoms. The first-order valence-corrected chi connectivity index (χ1v) is 13.9. The Hall–Kier alpha value is -4.88. The van der Waals surface area contributed by atoms with Gasteiger partial charge in [0.05, 0.1) is 0 Å². The van der Waals surface area contributed by atoms with E-state index in [4.69, 9.17) is 0 Å². The predicted octanol–water partition coefficient (Wildman–Crippen LogP) is 9.97. The Labute approximate surface area is 238 Å². The maximum absolute atomic E-state index is 2.27. The standard InChI is InChI=1S/C39H33N/c1-40(38-25-23-35(24-26-38)34-19-15-32(16-20-34)27-30-9-4-2-5-10-30)39-14-8-13-37(29-39)36-21-17-33(18-22-36)28-31-11-6-3-7-12-31/h2-26,29H,27-28H2,1H3. The molecule has 0 aliphatic carbocycles. The largest absolute Gasteiger partial charge is 0.345 e. The summed E-state index contributed by atoms with van der Waals surface area (Å²) in [5.41, 5.74) is 12.6. The predicted molar refractivity (Wildman–Crippen MR) is 170 cm³/mol. The molecule has 0 N–H and O–H groups in total. The summed E-state index contributed by atoms with van der Waals surface area (Å²) in [6, 6.07) is 56.8. The van der Waals surface area contributed by atoms with Crippen LogP contribution in [0, 0.1) is 0 Å². The van der Waals surface area contributed by atoms with Crippen molar-refractivity contribution < 1.29 is 0 Å². The third-order valence-electron chi connectivity index (χ3n) is 7.56. The molecule has 0 fully saturated rings. The molecule has 6 aromatic rings. The quantitative estimate of drug-likeness (QED) is 0.195. The van der Waals surface area contributed by atoms with Crippen LogP contribution in [-0.4, -0.2) is 7.05 Å². The lowest BCUT2D eigenvalue weighted by molar-refractivity contribution is 1.19. The van der Waals surface area contributed by atoms with Crippen LogP contribution >= 0.6 is 0 Å².